The van der Waals surface area contributed by atoms with Crippen LogP contribution in [0.1, 0.15) is 41.4 Å². The number of hydrogen-bond acceptors (Lipinski definition) is 3. The van der Waals surface area contributed by atoms with E-state index in [0.717, 1.165) is 29.5 Å². The fourth-order valence-corrected chi connectivity index (χ4v) is 2.01. The minimum atomic E-state index is 0.267. The number of furan rings is 1. The topological polar surface area (TPSA) is 53.9 Å². The molecular weight excluding hydrogens is 214 g/mol. The van der Waals surface area contributed by atoms with Crippen LogP contribution in [0.15, 0.2) is 16.8 Å². The van der Waals surface area contributed by atoms with Gasteiger partial charge in [-0.1, -0.05) is 0 Å². The van der Waals surface area contributed by atoms with Crippen molar-refractivity contribution in [3.05, 3.63) is 40.9 Å². The molecule has 2 rings (SSSR count). The maximum absolute atomic E-state index is 5.53. The molecular formula is C13H19N3O. The monoisotopic (exact) mass is 233 g/mol. The zero-order valence-electron chi connectivity index (χ0n) is 10.8. The zero-order valence-corrected chi connectivity index (χ0v) is 10.8. The number of hydrogen-bond donors (Lipinski definition) is 2. The van der Waals surface area contributed by atoms with Gasteiger partial charge >= 0.3 is 0 Å². The van der Waals surface area contributed by atoms with Crippen LogP contribution in [0.3, 0.4) is 0 Å². The maximum atomic E-state index is 5.53. The standard InChI is InChI=1S/C13H19N3O/c1-8-5-12(11(4)17-8)9(2)14-6-13-10(3)15-7-16-13/h5,7,9,14H,6H2,1-4H3,(H,15,16). The van der Waals surface area contributed by atoms with E-state index < -0.39 is 0 Å². The van der Waals surface area contributed by atoms with Crippen molar-refractivity contribution in [2.24, 2.45) is 0 Å². The molecule has 4 nitrogen and oxygen atoms in total. The minimum Gasteiger partial charge on any atom is -0.466 e. The van der Waals surface area contributed by atoms with Crippen molar-refractivity contribution < 1.29 is 4.42 Å². The van der Waals surface area contributed by atoms with Gasteiger partial charge in [0.2, 0.25) is 0 Å². The number of nitrogens with one attached hydrogen (secondary N) is 2. The lowest BCUT2D eigenvalue weighted by Crippen LogP contribution is -2.19. The first-order valence-electron chi connectivity index (χ1n) is 5.87. The van der Waals surface area contributed by atoms with E-state index in [4.69, 9.17) is 4.42 Å². The summed E-state index contributed by atoms with van der Waals surface area (Å²) >= 11 is 0. The smallest absolute Gasteiger partial charge is 0.105 e. The number of H-pyrrole nitrogens is 1. The molecule has 17 heavy (non-hydrogen) atoms. The molecule has 0 saturated carbocycles. The second kappa shape index (κ2) is 4.75. The summed E-state index contributed by atoms with van der Waals surface area (Å²) < 4.78 is 5.53. The van der Waals surface area contributed by atoms with E-state index in [1.54, 1.807) is 6.33 Å². The van der Waals surface area contributed by atoms with Crippen molar-refractivity contribution in [1.29, 1.82) is 0 Å². The van der Waals surface area contributed by atoms with E-state index in [2.05, 4.69) is 28.3 Å². The Hall–Kier alpha value is -1.55. The molecule has 92 valence electrons. The first kappa shape index (κ1) is 11.9. The lowest BCUT2D eigenvalue weighted by atomic mass is 10.1. The van der Waals surface area contributed by atoms with Gasteiger partial charge in [-0.25, -0.2) is 4.98 Å². The Kier molecular flexibility index (Phi) is 3.33. The predicted molar refractivity (Wildman–Crippen MR) is 66.8 cm³/mol. The predicted octanol–water partition coefficient (Wildman–Crippen LogP) is 2.78. The fourth-order valence-electron chi connectivity index (χ4n) is 2.01. The molecule has 1 unspecified atom stereocenters. The van der Waals surface area contributed by atoms with E-state index in [9.17, 15) is 0 Å². The van der Waals surface area contributed by atoms with Gasteiger partial charge in [0.15, 0.2) is 0 Å². The average molecular weight is 233 g/mol. The van der Waals surface area contributed by atoms with Gasteiger partial charge in [-0.2, -0.15) is 0 Å². The molecule has 2 heterocycles. The molecule has 0 spiro atoms. The first-order chi connectivity index (χ1) is 8.08. The third-order valence-electron chi connectivity index (χ3n) is 3.06. The van der Waals surface area contributed by atoms with E-state index >= 15 is 0 Å². The van der Waals surface area contributed by atoms with Crippen molar-refractivity contribution in [2.75, 3.05) is 0 Å². The summed E-state index contributed by atoms with van der Waals surface area (Å²) in [5, 5.41) is 3.45. The number of rotatable bonds is 4. The van der Waals surface area contributed by atoms with Crippen LogP contribution >= 0.6 is 0 Å². The van der Waals surface area contributed by atoms with E-state index in [0.29, 0.717) is 0 Å². The number of imidazole rings is 1. The van der Waals surface area contributed by atoms with Crippen LogP contribution in [0.4, 0.5) is 0 Å². The van der Waals surface area contributed by atoms with Crippen molar-refractivity contribution in [1.82, 2.24) is 15.3 Å². The van der Waals surface area contributed by atoms with Crippen LogP contribution in [-0.4, -0.2) is 9.97 Å². The fraction of sp³-hybridized carbons (Fsp3) is 0.462. The molecule has 0 aliphatic heterocycles. The Bertz CT molecular complexity index is 498. The molecule has 0 saturated heterocycles. The van der Waals surface area contributed by atoms with Gasteiger partial charge in [0.25, 0.3) is 0 Å². The van der Waals surface area contributed by atoms with Crippen molar-refractivity contribution in [3.8, 4) is 0 Å². The Morgan fingerprint density at radius 2 is 2.18 bits per heavy atom. The summed E-state index contributed by atoms with van der Waals surface area (Å²) in [4.78, 5) is 7.35. The Balaban J connectivity index is 2.00. The van der Waals surface area contributed by atoms with E-state index in [-0.39, 0.29) is 6.04 Å². The molecule has 0 bridgehead atoms. The van der Waals surface area contributed by atoms with Gasteiger partial charge in [-0.15, -0.1) is 0 Å². The number of aryl methyl sites for hydroxylation is 3. The van der Waals surface area contributed by atoms with Crippen LogP contribution < -0.4 is 5.32 Å². The molecule has 0 radical (unpaired) electrons. The molecule has 0 amide bonds. The summed E-state index contributed by atoms with van der Waals surface area (Å²) in [5.41, 5.74) is 3.40. The molecule has 2 aromatic heterocycles. The molecule has 0 aromatic carbocycles. The SMILES string of the molecule is Cc1cc(C(C)NCc2nc[nH]c2C)c(C)o1. The van der Waals surface area contributed by atoms with E-state index in [1.807, 2.05) is 20.8 Å². The van der Waals surface area contributed by atoms with Gasteiger partial charge < -0.3 is 14.7 Å². The molecule has 0 fully saturated rings. The maximum Gasteiger partial charge on any atom is 0.105 e. The summed E-state index contributed by atoms with van der Waals surface area (Å²) in [6.07, 6.45) is 1.73. The quantitative estimate of drug-likeness (QED) is 0.853. The highest BCUT2D eigenvalue weighted by atomic mass is 16.3. The average Bonchev–Trinajstić information content (AvgIpc) is 2.81. The zero-order chi connectivity index (χ0) is 12.4. The second-order valence-corrected chi connectivity index (χ2v) is 4.45. The highest BCUT2D eigenvalue weighted by molar-refractivity contribution is 5.23. The highest BCUT2D eigenvalue weighted by Crippen LogP contribution is 2.21. The van der Waals surface area contributed by atoms with Crippen molar-refractivity contribution in [3.63, 3.8) is 0 Å². The summed E-state index contributed by atoms with van der Waals surface area (Å²) in [5.74, 6) is 1.95. The lowest BCUT2D eigenvalue weighted by Gasteiger charge is -2.12. The first-order valence-corrected chi connectivity index (χ1v) is 5.87. The van der Waals surface area contributed by atoms with Gasteiger partial charge in [-0.3, -0.25) is 0 Å². The number of aromatic amines is 1. The Labute approximate surface area is 101 Å². The van der Waals surface area contributed by atoms with E-state index in [1.165, 1.54) is 5.56 Å². The van der Waals surface area contributed by atoms with Crippen LogP contribution in [-0.2, 0) is 6.54 Å². The van der Waals surface area contributed by atoms with Gasteiger partial charge in [-0.05, 0) is 33.8 Å². The van der Waals surface area contributed by atoms with Crippen molar-refractivity contribution >= 4 is 0 Å². The molecule has 2 N–H and O–H groups in total. The molecule has 4 heteroatoms. The van der Waals surface area contributed by atoms with Gasteiger partial charge in [0.05, 0.1) is 12.0 Å². The summed E-state index contributed by atoms with van der Waals surface area (Å²) in [6, 6.07) is 2.35. The molecule has 1 atom stereocenters. The highest BCUT2D eigenvalue weighted by Gasteiger charge is 2.12. The summed E-state index contributed by atoms with van der Waals surface area (Å²) in [7, 11) is 0. The Morgan fingerprint density at radius 1 is 1.41 bits per heavy atom. The minimum absolute atomic E-state index is 0.267. The van der Waals surface area contributed by atoms with Gasteiger partial charge in [0, 0.05) is 23.8 Å². The van der Waals surface area contributed by atoms with Crippen molar-refractivity contribution in [2.45, 2.75) is 40.3 Å². The number of aromatic nitrogens is 2. The van der Waals surface area contributed by atoms with Crippen LogP contribution in [0.25, 0.3) is 0 Å². The summed E-state index contributed by atoms with van der Waals surface area (Å²) in [6.45, 7) is 8.91. The third kappa shape index (κ3) is 2.58. The number of nitrogens with zero attached hydrogens (tertiary/aromatic N) is 1. The molecule has 2 aromatic rings. The van der Waals surface area contributed by atoms with Crippen LogP contribution in [0.5, 0.6) is 0 Å². The Morgan fingerprint density at radius 3 is 2.71 bits per heavy atom. The van der Waals surface area contributed by atoms with Crippen LogP contribution in [0, 0.1) is 20.8 Å². The normalized spacial score (nSPS) is 12.9. The second-order valence-electron chi connectivity index (χ2n) is 4.45. The third-order valence-corrected chi connectivity index (χ3v) is 3.06. The van der Waals surface area contributed by atoms with Gasteiger partial charge in [0.1, 0.15) is 11.5 Å². The lowest BCUT2D eigenvalue weighted by molar-refractivity contribution is 0.489. The molecule has 0 aliphatic carbocycles. The largest absolute Gasteiger partial charge is 0.466 e. The molecule has 0 aliphatic rings. The van der Waals surface area contributed by atoms with Crippen LogP contribution in [0.2, 0.25) is 0 Å².